The molecule has 0 spiro atoms. The Morgan fingerprint density at radius 2 is 1.37 bits per heavy atom. The van der Waals surface area contributed by atoms with Gasteiger partial charge in [0.2, 0.25) is 0 Å². The average molecular weight is 358 g/mol. The number of hydrogen-bond donors (Lipinski definition) is 5. The van der Waals surface area contributed by atoms with Gasteiger partial charge < -0.3 is 32.3 Å². The smallest absolute Gasteiger partial charge is 0.125 e. The highest BCUT2D eigenvalue weighted by molar-refractivity contribution is 5.81. The molecule has 136 valence electrons. The lowest BCUT2D eigenvalue weighted by atomic mass is 10.1. The quantitative estimate of drug-likeness (QED) is 0.446. The second-order valence-electron chi connectivity index (χ2n) is 7.13. The summed E-state index contributed by atoms with van der Waals surface area (Å²) in [6, 6.07) is 20.4. The first-order chi connectivity index (χ1) is 13.1. The van der Waals surface area contributed by atoms with Crippen molar-refractivity contribution in [2.45, 2.75) is 12.3 Å². The van der Waals surface area contributed by atoms with Gasteiger partial charge in [0.05, 0.1) is 22.7 Å². The Morgan fingerprint density at radius 3 is 2.19 bits per heavy atom. The number of hydrogen-bond acceptors (Lipinski definition) is 6. The van der Waals surface area contributed by atoms with Crippen molar-refractivity contribution < 1.29 is 0 Å². The molecule has 0 amide bonds. The van der Waals surface area contributed by atoms with Crippen LogP contribution in [0.25, 0.3) is 0 Å². The summed E-state index contributed by atoms with van der Waals surface area (Å²) in [5.41, 5.74) is 20.1. The van der Waals surface area contributed by atoms with E-state index in [0.29, 0.717) is 0 Å². The molecule has 6 heteroatoms. The van der Waals surface area contributed by atoms with Gasteiger partial charge in [0.25, 0.3) is 0 Å². The Hall–Kier alpha value is -3.54. The molecule has 2 atom stereocenters. The number of nitrogen functional groups attached to an aromatic ring is 2. The van der Waals surface area contributed by atoms with Crippen LogP contribution < -0.4 is 32.3 Å². The molecular weight excluding hydrogens is 336 g/mol. The third kappa shape index (κ3) is 2.57. The number of nitrogens with two attached hydrogens (primary N) is 2. The van der Waals surface area contributed by atoms with Crippen molar-refractivity contribution in [3.05, 3.63) is 71.8 Å². The first kappa shape index (κ1) is 15.7. The standard InChI is InChI=1S/C21H22N6/c1-27-19-11-15(23)7-9-17(19)26-21(27)13-4-8-16-18(10-13)25-20(24-16)12-2-5-14(22)6-3-12/h2-11,20-21,24-26H,22-23H2,1H3. The predicted octanol–water partition coefficient (Wildman–Crippen LogP) is 3.95. The Balaban J connectivity index is 1.41. The fourth-order valence-electron chi connectivity index (χ4n) is 3.83. The van der Waals surface area contributed by atoms with Crippen molar-refractivity contribution in [2.75, 3.05) is 39.4 Å². The minimum Gasteiger partial charge on any atom is -0.399 e. The van der Waals surface area contributed by atoms with E-state index >= 15 is 0 Å². The maximum absolute atomic E-state index is 5.95. The summed E-state index contributed by atoms with van der Waals surface area (Å²) in [6.45, 7) is 0. The second kappa shape index (κ2) is 5.74. The summed E-state index contributed by atoms with van der Waals surface area (Å²) >= 11 is 0. The fraction of sp³-hybridized carbons (Fsp3) is 0.143. The molecule has 2 aliphatic rings. The van der Waals surface area contributed by atoms with E-state index in [-0.39, 0.29) is 12.3 Å². The van der Waals surface area contributed by atoms with Crippen LogP contribution in [-0.2, 0) is 0 Å². The SMILES string of the molecule is CN1c2cc(N)ccc2NC1c1ccc2c(c1)NC(c1ccc(N)cc1)N2. The van der Waals surface area contributed by atoms with E-state index < -0.39 is 0 Å². The van der Waals surface area contributed by atoms with Gasteiger partial charge in [-0.05, 0) is 53.6 Å². The number of nitrogens with one attached hydrogen (secondary N) is 3. The highest BCUT2D eigenvalue weighted by Crippen LogP contribution is 2.43. The van der Waals surface area contributed by atoms with Gasteiger partial charge in [-0.15, -0.1) is 0 Å². The summed E-state index contributed by atoms with van der Waals surface area (Å²) in [5.74, 6) is 0. The van der Waals surface area contributed by atoms with Gasteiger partial charge in [-0.25, -0.2) is 0 Å². The number of benzene rings is 3. The number of rotatable bonds is 2. The van der Waals surface area contributed by atoms with Crippen LogP contribution in [-0.4, -0.2) is 7.05 Å². The molecule has 0 aromatic heterocycles. The van der Waals surface area contributed by atoms with E-state index in [2.05, 4.69) is 46.1 Å². The van der Waals surface area contributed by atoms with Crippen LogP contribution in [0.2, 0.25) is 0 Å². The zero-order valence-electron chi connectivity index (χ0n) is 15.0. The van der Waals surface area contributed by atoms with Crippen molar-refractivity contribution in [2.24, 2.45) is 0 Å². The van der Waals surface area contributed by atoms with Gasteiger partial charge in [0.1, 0.15) is 12.3 Å². The van der Waals surface area contributed by atoms with E-state index in [0.717, 1.165) is 39.7 Å². The van der Waals surface area contributed by atoms with Gasteiger partial charge in [-0.1, -0.05) is 18.2 Å². The van der Waals surface area contributed by atoms with Crippen molar-refractivity contribution >= 4 is 34.1 Å². The third-order valence-electron chi connectivity index (χ3n) is 5.31. The van der Waals surface area contributed by atoms with E-state index in [1.54, 1.807) is 0 Å². The van der Waals surface area contributed by atoms with Crippen molar-refractivity contribution in [1.82, 2.24) is 0 Å². The summed E-state index contributed by atoms with van der Waals surface area (Å²) in [6.07, 6.45) is 0.117. The Kier molecular flexibility index (Phi) is 3.33. The highest BCUT2D eigenvalue weighted by Gasteiger charge is 2.29. The summed E-state index contributed by atoms with van der Waals surface area (Å²) in [5, 5.41) is 10.7. The first-order valence-electron chi connectivity index (χ1n) is 9.00. The first-order valence-corrected chi connectivity index (χ1v) is 9.00. The van der Waals surface area contributed by atoms with Gasteiger partial charge >= 0.3 is 0 Å². The van der Waals surface area contributed by atoms with Gasteiger partial charge in [0, 0.05) is 18.4 Å². The second-order valence-corrected chi connectivity index (χ2v) is 7.13. The van der Waals surface area contributed by atoms with Crippen LogP contribution in [0, 0.1) is 0 Å². The Labute approximate surface area is 158 Å². The minimum atomic E-state index is 0.0436. The van der Waals surface area contributed by atoms with Gasteiger partial charge in [-0.2, -0.15) is 0 Å². The molecule has 27 heavy (non-hydrogen) atoms. The molecule has 0 fully saturated rings. The predicted molar refractivity (Wildman–Crippen MR) is 113 cm³/mol. The fourth-order valence-corrected chi connectivity index (χ4v) is 3.83. The molecule has 2 aliphatic heterocycles. The number of nitrogens with zero attached hydrogens (tertiary/aromatic N) is 1. The zero-order valence-corrected chi connectivity index (χ0v) is 15.0. The molecule has 6 nitrogen and oxygen atoms in total. The maximum Gasteiger partial charge on any atom is 0.125 e. The lowest BCUT2D eigenvalue weighted by Gasteiger charge is -2.23. The summed E-state index contributed by atoms with van der Waals surface area (Å²) < 4.78 is 0. The Morgan fingerprint density at radius 1 is 0.704 bits per heavy atom. The molecule has 2 unspecified atom stereocenters. The van der Waals surface area contributed by atoms with Crippen LogP contribution in [0.15, 0.2) is 60.7 Å². The normalized spacial score (nSPS) is 19.7. The monoisotopic (exact) mass is 358 g/mol. The molecule has 5 rings (SSSR count). The van der Waals surface area contributed by atoms with Crippen LogP contribution in [0.3, 0.4) is 0 Å². The summed E-state index contributed by atoms with van der Waals surface area (Å²) in [7, 11) is 2.08. The largest absolute Gasteiger partial charge is 0.399 e. The van der Waals surface area contributed by atoms with Crippen LogP contribution >= 0.6 is 0 Å². The molecule has 2 heterocycles. The lowest BCUT2D eigenvalue weighted by Crippen LogP contribution is -2.23. The zero-order chi connectivity index (χ0) is 18.5. The highest BCUT2D eigenvalue weighted by atomic mass is 15.3. The molecule has 0 saturated carbocycles. The van der Waals surface area contributed by atoms with Crippen molar-refractivity contribution in [3.8, 4) is 0 Å². The topological polar surface area (TPSA) is 91.4 Å². The molecule has 3 aromatic carbocycles. The van der Waals surface area contributed by atoms with E-state index in [9.17, 15) is 0 Å². The molecule has 0 radical (unpaired) electrons. The molecule has 0 saturated heterocycles. The van der Waals surface area contributed by atoms with E-state index in [1.807, 2.05) is 42.5 Å². The average Bonchev–Trinajstić information content (AvgIpc) is 3.23. The van der Waals surface area contributed by atoms with Gasteiger partial charge in [0.15, 0.2) is 0 Å². The lowest BCUT2D eigenvalue weighted by molar-refractivity contribution is 0.793. The number of fused-ring (bicyclic) bond motifs is 2. The van der Waals surface area contributed by atoms with Crippen molar-refractivity contribution in [1.29, 1.82) is 0 Å². The van der Waals surface area contributed by atoms with Crippen LogP contribution in [0.4, 0.5) is 34.1 Å². The molecule has 0 aliphatic carbocycles. The summed E-state index contributed by atoms with van der Waals surface area (Å²) in [4.78, 5) is 2.22. The molecule has 3 aromatic rings. The Bertz CT molecular complexity index is 1010. The molecule has 7 N–H and O–H groups in total. The molecule has 0 bridgehead atoms. The minimum absolute atomic E-state index is 0.0436. The van der Waals surface area contributed by atoms with Crippen LogP contribution in [0.1, 0.15) is 23.5 Å². The van der Waals surface area contributed by atoms with E-state index in [1.165, 1.54) is 5.56 Å². The van der Waals surface area contributed by atoms with Crippen LogP contribution in [0.5, 0.6) is 0 Å². The van der Waals surface area contributed by atoms with Gasteiger partial charge in [-0.3, -0.25) is 0 Å². The van der Waals surface area contributed by atoms with Crippen molar-refractivity contribution in [3.63, 3.8) is 0 Å². The third-order valence-corrected chi connectivity index (χ3v) is 5.31. The number of anilines is 6. The van der Waals surface area contributed by atoms with E-state index in [4.69, 9.17) is 11.5 Å². The molecular formula is C21H22N6. The maximum atomic E-state index is 5.95.